The number of ether oxygens (including phenoxy) is 2. The van der Waals surface area contributed by atoms with Gasteiger partial charge in [-0.15, -0.1) is 11.3 Å². The first-order chi connectivity index (χ1) is 15.1. The third-order valence-corrected chi connectivity index (χ3v) is 7.49. The van der Waals surface area contributed by atoms with Crippen LogP contribution in [-0.2, 0) is 21.7 Å². The van der Waals surface area contributed by atoms with Crippen molar-refractivity contribution in [3.63, 3.8) is 0 Å². The molecule has 2 aromatic carbocycles. The lowest BCUT2D eigenvalue weighted by Gasteiger charge is -2.52. The van der Waals surface area contributed by atoms with E-state index >= 15 is 0 Å². The average molecular weight is 483 g/mol. The second-order valence-corrected chi connectivity index (χ2v) is 9.78. The number of hydrogen-bond donors (Lipinski definition) is 4. The van der Waals surface area contributed by atoms with E-state index in [-0.39, 0.29) is 5.82 Å². The van der Waals surface area contributed by atoms with Gasteiger partial charge in [0.2, 0.25) is 5.79 Å². The zero-order valence-corrected chi connectivity index (χ0v) is 19.0. The Labute approximate surface area is 193 Å². The molecule has 1 saturated heterocycles. The van der Waals surface area contributed by atoms with Gasteiger partial charge in [0.15, 0.2) is 0 Å². The lowest BCUT2D eigenvalue weighted by Crippen LogP contribution is -2.69. The molecule has 0 aliphatic carbocycles. The lowest BCUT2D eigenvalue weighted by atomic mass is 9.82. The van der Waals surface area contributed by atoms with Crippen LogP contribution in [0.4, 0.5) is 4.39 Å². The molecule has 0 bridgehead atoms. The van der Waals surface area contributed by atoms with E-state index in [0.717, 1.165) is 15.0 Å². The molecule has 1 fully saturated rings. The third kappa shape index (κ3) is 3.85. The highest BCUT2D eigenvalue weighted by molar-refractivity contribution is 7.19. The largest absolute Gasteiger partial charge is 0.393 e. The highest BCUT2D eigenvalue weighted by Gasteiger charge is 2.59. The fourth-order valence-corrected chi connectivity index (χ4v) is 5.38. The number of fused-ring (bicyclic) bond motifs is 1. The maximum absolute atomic E-state index is 13.5. The van der Waals surface area contributed by atoms with E-state index < -0.39 is 36.3 Å². The van der Waals surface area contributed by atoms with Gasteiger partial charge in [-0.05, 0) is 54.3 Å². The van der Waals surface area contributed by atoms with Crippen LogP contribution >= 0.6 is 22.9 Å². The minimum absolute atomic E-state index is 0.306. The Morgan fingerprint density at radius 2 is 1.88 bits per heavy atom. The molecule has 0 saturated carbocycles. The van der Waals surface area contributed by atoms with E-state index in [0.29, 0.717) is 22.6 Å². The maximum atomic E-state index is 13.5. The molecule has 1 unspecified atom stereocenters. The molecule has 3 aromatic rings. The molecule has 1 aliphatic heterocycles. The molecule has 4 rings (SSSR count). The van der Waals surface area contributed by atoms with Crippen molar-refractivity contribution >= 4 is 33.0 Å². The number of rotatable bonds is 5. The van der Waals surface area contributed by atoms with Crippen molar-refractivity contribution in [1.29, 1.82) is 0 Å². The Balaban J connectivity index is 1.74. The summed E-state index contributed by atoms with van der Waals surface area (Å²) in [6.07, 6.45) is -4.36. The van der Waals surface area contributed by atoms with Gasteiger partial charge in [0.1, 0.15) is 29.7 Å². The Bertz CT molecular complexity index is 1140. The number of thiophene rings is 1. The van der Waals surface area contributed by atoms with E-state index in [1.165, 1.54) is 37.5 Å². The molecular weight excluding hydrogens is 459 g/mol. The summed E-state index contributed by atoms with van der Waals surface area (Å²) >= 11 is 7.96. The Morgan fingerprint density at radius 1 is 1.12 bits per heavy atom. The lowest BCUT2D eigenvalue weighted by molar-refractivity contribution is -0.393. The summed E-state index contributed by atoms with van der Waals surface area (Å²) in [6, 6.07) is 11.4. The zero-order chi connectivity index (χ0) is 23.3. The minimum Gasteiger partial charge on any atom is -0.393 e. The third-order valence-electron chi connectivity index (χ3n) is 6.01. The van der Waals surface area contributed by atoms with Crippen molar-refractivity contribution < 1.29 is 34.3 Å². The summed E-state index contributed by atoms with van der Waals surface area (Å²) in [7, 11) is 1.31. The van der Waals surface area contributed by atoms with Crippen LogP contribution in [0.5, 0.6) is 0 Å². The van der Waals surface area contributed by atoms with Crippen molar-refractivity contribution in [3.05, 3.63) is 69.3 Å². The van der Waals surface area contributed by atoms with Crippen LogP contribution in [-0.4, -0.2) is 58.1 Å². The van der Waals surface area contributed by atoms with E-state index in [4.69, 9.17) is 21.1 Å². The maximum Gasteiger partial charge on any atom is 0.225 e. The van der Waals surface area contributed by atoms with Gasteiger partial charge in [0.25, 0.3) is 0 Å². The molecule has 32 heavy (non-hydrogen) atoms. The second kappa shape index (κ2) is 8.62. The van der Waals surface area contributed by atoms with Gasteiger partial charge in [0.05, 0.1) is 6.61 Å². The summed E-state index contributed by atoms with van der Waals surface area (Å²) < 4.78 is 26.0. The average Bonchev–Trinajstić information content (AvgIpc) is 3.18. The molecule has 4 N–H and O–H groups in total. The first kappa shape index (κ1) is 23.5. The summed E-state index contributed by atoms with van der Waals surface area (Å²) in [4.78, 5) is 0.955. The van der Waals surface area contributed by atoms with E-state index in [2.05, 4.69) is 0 Å². The van der Waals surface area contributed by atoms with Gasteiger partial charge >= 0.3 is 0 Å². The van der Waals surface area contributed by atoms with E-state index in [1.807, 2.05) is 6.07 Å². The molecule has 0 amide bonds. The van der Waals surface area contributed by atoms with Crippen molar-refractivity contribution in [2.75, 3.05) is 13.7 Å². The van der Waals surface area contributed by atoms with Crippen molar-refractivity contribution in [1.82, 2.24) is 0 Å². The smallest absolute Gasteiger partial charge is 0.225 e. The number of methoxy groups -OCH3 is 1. The van der Waals surface area contributed by atoms with Crippen molar-refractivity contribution in [3.8, 4) is 0 Å². The molecule has 6 nitrogen and oxygen atoms in total. The predicted molar refractivity (Wildman–Crippen MR) is 119 cm³/mol. The fraction of sp³-hybridized carbons (Fsp3) is 0.391. The quantitative estimate of drug-likeness (QED) is 0.446. The number of hydrogen-bond acceptors (Lipinski definition) is 7. The summed E-state index contributed by atoms with van der Waals surface area (Å²) in [5.41, 5.74) is -0.510. The number of halogens is 2. The van der Waals surface area contributed by atoms with Gasteiger partial charge in [-0.25, -0.2) is 4.39 Å². The van der Waals surface area contributed by atoms with Crippen LogP contribution < -0.4 is 0 Å². The van der Waals surface area contributed by atoms with Crippen LogP contribution in [0, 0.1) is 5.82 Å². The first-order valence-corrected chi connectivity index (χ1v) is 11.2. The summed E-state index contributed by atoms with van der Waals surface area (Å²) in [6.45, 7) is 0.815. The zero-order valence-electron chi connectivity index (χ0n) is 17.5. The SMILES string of the molecule is CO[C@@]1(c2ccc(Cl)c(Cc3cc4cc(F)ccc4s3)c2)O[C@](C)(CO)[C@@H](O)C(O)[C@H]1O. The Hall–Kier alpha value is -1.62. The highest BCUT2D eigenvalue weighted by atomic mass is 35.5. The van der Waals surface area contributed by atoms with Gasteiger partial charge < -0.3 is 29.9 Å². The fourth-order valence-electron chi connectivity index (χ4n) is 4.13. The minimum atomic E-state index is -1.85. The van der Waals surface area contributed by atoms with Crippen LogP contribution in [0.3, 0.4) is 0 Å². The molecule has 0 spiro atoms. The van der Waals surface area contributed by atoms with Gasteiger partial charge in [0, 0.05) is 33.7 Å². The van der Waals surface area contributed by atoms with Crippen LogP contribution in [0.15, 0.2) is 42.5 Å². The monoisotopic (exact) mass is 482 g/mol. The molecule has 172 valence electrons. The van der Waals surface area contributed by atoms with Crippen molar-refractivity contribution in [2.45, 2.75) is 43.0 Å². The molecule has 9 heteroatoms. The first-order valence-electron chi connectivity index (χ1n) is 10.0. The number of aliphatic hydroxyl groups is 4. The molecule has 2 heterocycles. The van der Waals surface area contributed by atoms with Crippen molar-refractivity contribution in [2.24, 2.45) is 0 Å². The van der Waals surface area contributed by atoms with Crippen LogP contribution in [0.25, 0.3) is 10.1 Å². The second-order valence-electron chi connectivity index (χ2n) is 8.20. The van der Waals surface area contributed by atoms with Crippen LogP contribution in [0.2, 0.25) is 5.02 Å². The van der Waals surface area contributed by atoms with E-state index in [1.54, 1.807) is 24.3 Å². The Morgan fingerprint density at radius 3 is 2.56 bits per heavy atom. The van der Waals surface area contributed by atoms with E-state index in [9.17, 15) is 24.8 Å². The standard InChI is InChI=1S/C23H24ClFO6S/c1-22(11-26)20(28)19(27)21(29)23(30-2,31-22)14-3-5-17(24)12(7-14)9-16-10-13-8-15(25)4-6-18(13)32-16/h3-8,10,19-21,26-29H,9,11H2,1-2H3/t19?,20-,21+,22+,23-/m0/s1. The van der Waals surface area contributed by atoms with Gasteiger partial charge in [-0.3, -0.25) is 0 Å². The summed E-state index contributed by atoms with van der Waals surface area (Å²) in [5.74, 6) is -2.15. The predicted octanol–water partition coefficient (Wildman–Crippen LogP) is 2.95. The van der Waals surface area contributed by atoms with Gasteiger partial charge in [-0.1, -0.05) is 17.7 Å². The normalized spacial score (nSPS) is 30.7. The van der Waals surface area contributed by atoms with Crippen LogP contribution in [0.1, 0.15) is 22.9 Å². The topological polar surface area (TPSA) is 99.4 Å². The molecule has 5 atom stereocenters. The Kier molecular flexibility index (Phi) is 6.34. The number of benzene rings is 2. The highest BCUT2D eigenvalue weighted by Crippen LogP contribution is 2.44. The molecule has 0 radical (unpaired) electrons. The molecule has 1 aliphatic rings. The van der Waals surface area contributed by atoms with Gasteiger partial charge in [-0.2, -0.15) is 0 Å². The molecule has 1 aromatic heterocycles. The number of aliphatic hydroxyl groups excluding tert-OH is 4. The summed E-state index contributed by atoms with van der Waals surface area (Å²) in [5, 5.41) is 42.7. The molecular formula is C23H24ClFO6S.